The molecule has 1 atom stereocenters. The van der Waals surface area contributed by atoms with Gasteiger partial charge in [-0.05, 0) is 48.7 Å². The van der Waals surface area contributed by atoms with Crippen molar-refractivity contribution in [1.82, 2.24) is 0 Å². The Morgan fingerprint density at radius 2 is 2.00 bits per heavy atom. The number of hydrogen-bond donors (Lipinski definition) is 1. The van der Waals surface area contributed by atoms with Gasteiger partial charge in [0.1, 0.15) is 11.9 Å². The predicted molar refractivity (Wildman–Crippen MR) is 81.6 cm³/mol. The van der Waals surface area contributed by atoms with Crippen LogP contribution in [-0.4, -0.2) is 16.9 Å². The van der Waals surface area contributed by atoms with Crippen LogP contribution in [0.4, 0.5) is 0 Å². The number of carbonyl (C=O) groups excluding carboxylic acids is 1. The van der Waals surface area contributed by atoms with Crippen LogP contribution in [0.2, 0.25) is 0 Å². The summed E-state index contributed by atoms with van der Waals surface area (Å²) in [5, 5.41) is 9.08. The SMILES string of the molecule is Cc1cc(C)c2c(c1)C(=O)CC(c1cccc(C(=O)O)c1)O2. The molecule has 0 fully saturated rings. The minimum Gasteiger partial charge on any atom is -0.484 e. The molecule has 2 aromatic rings. The molecule has 3 rings (SSSR count). The van der Waals surface area contributed by atoms with Gasteiger partial charge in [0.15, 0.2) is 5.78 Å². The Bertz CT molecular complexity index is 777. The number of aromatic carboxylic acids is 1. The van der Waals surface area contributed by atoms with Crippen molar-refractivity contribution in [2.75, 3.05) is 0 Å². The van der Waals surface area contributed by atoms with Crippen molar-refractivity contribution in [3.05, 3.63) is 64.2 Å². The van der Waals surface area contributed by atoms with Gasteiger partial charge in [-0.15, -0.1) is 0 Å². The standard InChI is InChI=1S/C18H16O4/c1-10-6-11(2)17-14(7-10)15(19)9-16(22-17)12-4-3-5-13(8-12)18(20)21/h3-8,16H,9H2,1-2H3,(H,20,21). The maximum atomic E-state index is 12.4. The highest BCUT2D eigenvalue weighted by Crippen LogP contribution is 2.37. The second kappa shape index (κ2) is 5.30. The molecule has 1 N–H and O–H groups in total. The van der Waals surface area contributed by atoms with Crippen molar-refractivity contribution in [2.24, 2.45) is 0 Å². The molecule has 1 heterocycles. The van der Waals surface area contributed by atoms with Crippen LogP contribution in [0.1, 0.15) is 49.9 Å². The normalized spacial score (nSPS) is 16.8. The fourth-order valence-electron chi connectivity index (χ4n) is 2.84. The van der Waals surface area contributed by atoms with Gasteiger partial charge in [-0.3, -0.25) is 4.79 Å². The van der Waals surface area contributed by atoms with Crippen molar-refractivity contribution in [2.45, 2.75) is 26.4 Å². The lowest BCUT2D eigenvalue weighted by molar-refractivity contribution is 0.0696. The number of hydrogen-bond acceptors (Lipinski definition) is 3. The molecule has 0 aliphatic carbocycles. The molecule has 2 aromatic carbocycles. The molecule has 0 amide bonds. The minimum atomic E-state index is -0.990. The Hall–Kier alpha value is -2.62. The van der Waals surface area contributed by atoms with Crippen molar-refractivity contribution >= 4 is 11.8 Å². The van der Waals surface area contributed by atoms with Gasteiger partial charge < -0.3 is 9.84 Å². The fourth-order valence-corrected chi connectivity index (χ4v) is 2.84. The summed E-state index contributed by atoms with van der Waals surface area (Å²) < 4.78 is 6.00. The molecule has 1 aliphatic rings. The summed E-state index contributed by atoms with van der Waals surface area (Å²) >= 11 is 0. The molecule has 0 aromatic heterocycles. The number of ether oxygens (including phenoxy) is 1. The van der Waals surface area contributed by atoms with Crippen LogP contribution in [0, 0.1) is 13.8 Å². The van der Waals surface area contributed by atoms with Crippen LogP contribution in [0.25, 0.3) is 0 Å². The van der Waals surface area contributed by atoms with Crippen LogP contribution in [0.5, 0.6) is 5.75 Å². The maximum Gasteiger partial charge on any atom is 0.335 e. The van der Waals surface area contributed by atoms with Crippen molar-refractivity contribution in [3.63, 3.8) is 0 Å². The summed E-state index contributed by atoms with van der Waals surface area (Å²) in [6, 6.07) is 10.4. The summed E-state index contributed by atoms with van der Waals surface area (Å²) in [7, 11) is 0. The molecule has 0 saturated heterocycles. The van der Waals surface area contributed by atoms with E-state index in [0.29, 0.717) is 16.9 Å². The van der Waals surface area contributed by atoms with E-state index in [1.54, 1.807) is 18.2 Å². The molecule has 0 spiro atoms. The zero-order valence-corrected chi connectivity index (χ0v) is 12.4. The third-order valence-electron chi connectivity index (χ3n) is 3.86. The van der Waals surface area contributed by atoms with Crippen LogP contribution < -0.4 is 4.74 Å². The van der Waals surface area contributed by atoms with E-state index in [1.165, 1.54) is 6.07 Å². The maximum absolute atomic E-state index is 12.4. The van der Waals surface area contributed by atoms with Gasteiger partial charge in [0, 0.05) is 0 Å². The molecule has 22 heavy (non-hydrogen) atoms. The zero-order valence-electron chi connectivity index (χ0n) is 12.4. The Balaban J connectivity index is 2.00. The Morgan fingerprint density at radius 3 is 2.73 bits per heavy atom. The zero-order chi connectivity index (χ0) is 15.9. The van der Waals surface area contributed by atoms with E-state index in [0.717, 1.165) is 11.1 Å². The molecule has 4 heteroatoms. The lowest BCUT2D eigenvalue weighted by Crippen LogP contribution is -2.21. The monoisotopic (exact) mass is 296 g/mol. The number of benzene rings is 2. The Morgan fingerprint density at radius 1 is 1.23 bits per heavy atom. The van der Waals surface area contributed by atoms with Crippen molar-refractivity contribution < 1.29 is 19.4 Å². The highest BCUT2D eigenvalue weighted by Gasteiger charge is 2.29. The molecule has 0 saturated carbocycles. The average molecular weight is 296 g/mol. The molecule has 1 unspecified atom stereocenters. The summed E-state index contributed by atoms with van der Waals surface area (Å²) in [6.07, 6.45) is -0.223. The molecule has 1 aliphatic heterocycles. The van der Waals surface area contributed by atoms with E-state index in [1.807, 2.05) is 26.0 Å². The van der Waals surface area contributed by atoms with Gasteiger partial charge in [0.2, 0.25) is 0 Å². The molecular formula is C18H16O4. The largest absolute Gasteiger partial charge is 0.484 e. The highest BCUT2D eigenvalue weighted by molar-refractivity contribution is 6.00. The second-order valence-electron chi connectivity index (χ2n) is 5.62. The summed E-state index contributed by atoms with van der Waals surface area (Å²) in [5.74, 6) is -0.359. The van der Waals surface area contributed by atoms with Gasteiger partial charge in [-0.2, -0.15) is 0 Å². The molecular weight excluding hydrogens is 280 g/mol. The third-order valence-corrected chi connectivity index (χ3v) is 3.86. The number of aryl methyl sites for hydroxylation is 2. The third kappa shape index (κ3) is 2.48. The van der Waals surface area contributed by atoms with E-state index in [9.17, 15) is 9.59 Å². The smallest absolute Gasteiger partial charge is 0.335 e. The number of fused-ring (bicyclic) bond motifs is 1. The predicted octanol–water partition coefficient (Wildman–Crippen LogP) is 3.71. The first-order valence-corrected chi connectivity index (χ1v) is 7.10. The number of carboxylic acid groups (broad SMARTS) is 1. The number of rotatable bonds is 2. The van der Waals surface area contributed by atoms with E-state index in [2.05, 4.69) is 0 Å². The van der Waals surface area contributed by atoms with E-state index >= 15 is 0 Å². The second-order valence-corrected chi connectivity index (χ2v) is 5.62. The number of carboxylic acids is 1. The van der Waals surface area contributed by atoms with Gasteiger partial charge in [0.25, 0.3) is 0 Å². The summed E-state index contributed by atoms with van der Waals surface area (Å²) in [6.45, 7) is 3.86. The quantitative estimate of drug-likeness (QED) is 0.917. The molecule has 112 valence electrons. The van der Waals surface area contributed by atoms with Crippen LogP contribution in [0.3, 0.4) is 0 Å². The van der Waals surface area contributed by atoms with E-state index < -0.39 is 12.1 Å². The summed E-state index contributed by atoms with van der Waals surface area (Å²) in [4.78, 5) is 23.5. The average Bonchev–Trinajstić information content (AvgIpc) is 2.48. The number of carbonyl (C=O) groups is 2. The van der Waals surface area contributed by atoms with Gasteiger partial charge in [-0.25, -0.2) is 4.79 Å². The molecule has 0 radical (unpaired) electrons. The van der Waals surface area contributed by atoms with Crippen LogP contribution in [0.15, 0.2) is 36.4 Å². The number of ketones is 1. The highest BCUT2D eigenvalue weighted by atomic mass is 16.5. The molecule has 4 nitrogen and oxygen atoms in total. The van der Waals surface area contributed by atoms with Crippen molar-refractivity contribution in [1.29, 1.82) is 0 Å². The molecule has 0 bridgehead atoms. The lowest BCUT2D eigenvalue weighted by atomic mass is 9.93. The first kappa shape index (κ1) is 14.3. The van der Waals surface area contributed by atoms with Crippen LogP contribution >= 0.6 is 0 Å². The first-order chi connectivity index (χ1) is 10.5. The Kier molecular flexibility index (Phi) is 3.45. The van der Waals surface area contributed by atoms with Crippen molar-refractivity contribution in [3.8, 4) is 5.75 Å². The topological polar surface area (TPSA) is 63.6 Å². The minimum absolute atomic E-state index is 0.0266. The van der Waals surface area contributed by atoms with Gasteiger partial charge >= 0.3 is 5.97 Å². The Labute approximate surface area is 128 Å². The van der Waals surface area contributed by atoms with E-state index in [-0.39, 0.29) is 17.8 Å². The van der Waals surface area contributed by atoms with Gasteiger partial charge in [-0.1, -0.05) is 18.2 Å². The number of Topliss-reactive ketones (excluding diaryl/α,β-unsaturated/α-hetero) is 1. The van der Waals surface area contributed by atoms with Gasteiger partial charge in [0.05, 0.1) is 17.5 Å². The lowest BCUT2D eigenvalue weighted by Gasteiger charge is -2.27. The first-order valence-electron chi connectivity index (χ1n) is 7.10. The van der Waals surface area contributed by atoms with Crippen LogP contribution in [-0.2, 0) is 0 Å². The summed E-state index contributed by atoms with van der Waals surface area (Å²) in [5.41, 5.74) is 3.46. The fraction of sp³-hybridized carbons (Fsp3) is 0.222. The van der Waals surface area contributed by atoms with E-state index in [4.69, 9.17) is 9.84 Å².